The molecule has 1 saturated heterocycles. The molecule has 2 aromatic heterocycles. The van der Waals surface area contributed by atoms with Gasteiger partial charge in [0, 0.05) is 13.1 Å². The highest BCUT2D eigenvalue weighted by Crippen LogP contribution is 2.29. The minimum atomic E-state index is -0.609. The van der Waals surface area contributed by atoms with Gasteiger partial charge in [-0.3, -0.25) is 4.79 Å². The van der Waals surface area contributed by atoms with E-state index in [2.05, 4.69) is 25.6 Å². The van der Waals surface area contributed by atoms with E-state index in [0.717, 1.165) is 5.56 Å². The molecule has 39 heavy (non-hydrogen) atoms. The van der Waals surface area contributed by atoms with E-state index in [1.165, 1.54) is 11.3 Å². The Kier molecular flexibility index (Phi) is 9.41. The Morgan fingerprint density at radius 3 is 2.59 bits per heavy atom. The third kappa shape index (κ3) is 7.07. The number of aromatic amines is 1. The zero-order valence-corrected chi connectivity index (χ0v) is 23.5. The summed E-state index contributed by atoms with van der Waals surface area (Å²) in [6.45, 7) is 6.67. The summed E-state index contributed by atoms with van der Waals surface area (Å²) in [6.07, 6.45) is 0.495. The lowest BCUT2D eigenvalue weighted by Gasteiger charge is -2.38. The molecule has 1 aliphatic heterocycles. The summed E-state index contributed by atoms with van der Waals surface area (Å²) in [5.74, 6) is -0.725. The van der Waals surface area contributed by atoms with E-state index in [1.54, 1.807) is 13.8 Å². The monoisotopic (exact) mass is 574 g/mol. The van der Waals surface area contributed by atoms with Crippen LogP contribution in [0.2, 0.25) is 5.15 Å². The van der Waals surface area contributed by atoms with Gasteiger partial charge in [-0.1, -0.05) is 60.2 Å². The van der Waals surface area contributed by atoms with Gasteiger partial charge in [0.1, 0.15) is 11.5 Å². The van der Waals surface area contributed by atoms with Crippen molar-refractivity contribution >= 4 is 46.0 Å². The van der Waals surface area contributed by atoms with Gasteiger partial charge in [0.25, 0.3) is 5.91 Å². The average Bonchev–Trinajstić information content (AvgIpc) is 3.51. The maximum absolute atomic E-state index is 13.0. The van der Waals surface area contributed by atoms with Gasteiger partial charge in [-0.25, -0.2) is 19.6 Å². The normalized spacial score (nSPS) is 17.0. The lowest BCUT2D eigenvalue weighted by Crippen LogP contribution is -2.60. The van der Waals surface area contributed by atoms with E-state index in [1.807, 2.05) is 42.2 Å². The summed E-state index contributed by atoms with van der Waals surface area (Å²) >= 11 is 7.36. The molecular weight excluding hydrogens is 544 g/mol. The molecule has 2 atom stereocenters. The number of hydrogen-bond acceptors (Lipinski definition) is 9. The number of aromatic nitrogens is 3. The molecular formula is C26H31ClN6O5S. The second-order valence-corrected chi connectivity index (χ2v) is 10.3. The lowest BCUT2D eigenvalue weighted by atomic mass is 9.99. The highest BCUT2D eigenvalue weighted by molar-refractivity contribution is 7.17. The first kappa shape index (κ1) is 28.4. The van der Waals surface area contributed by atoms with Gasteiger partial charge in [0.05, 0.1) is 30.1 Å². The van der Waals surface area contributed by atoms with Crippen LogP contribution in [0, 0.1) is 6.92 Å². The van der Waals surface area contributed by atoms with Crippen LogP contribution >= 0.6 is 22.9 Å². The largest absolute Gasteiger partial charge is 0.462 e. The molecule has 1 fully saturated rings. The number of imidazole rings is 1. The molecule has 4 rings (SSSR count). The standard InChI is InChI=1S/C26H31ClN6O5S/c1-4-17-21(27)32-22(29-17)23(34)30-18-11-12-33(25-28-15(3)20(39-25)24(35)37-5-2)13-19(18)31-26(36)38-14-16-9-7-6-8-10-16/h6-10,18-19H,4-5,11-14H2,1-3H3,(H,29,32)(H,30,34)(H,31,36). The Labute approximate surface area is 235 Å². The molecule has 0 radical (unpaired) electrons. The van der Waals surface area contributed by atoms with E-state index in [-0.39, 0.29) is 24.2 Å². The number of carbonyl (C=O) groups excluding carboxylic acids is 3. The van der Waals surface area contributed by atoms with Crippen molar-refractivity contribution in [3.05, 3.63) is 63.1 Å². The van der Waals surface area contributed by atoms with Crippen molar-refractivity contribution in [2.75, 3.05) is 24.6 Å². The molecule has 0 bridgehead atoms. The number of nitrogens with zero attached hydrogens (tertiary/aromatic N) is 3. The second kappa shape index (κ2) is 12.9. The summed E-state index contributed by atoms with van der Waals surface area (Å²) < 4.78 is 10.6. The first-order valence-electron chi connectivity index (χ1n) is 12.7. The van der Waals surface area contributed by atoms with Crippen molar-refractivity contribution in [1.82, 2.24) is 25.6 Å². The molecule has 11 nitrogen and oxygen atoms in total. The molecule has 1 aromatic carbocycles. The van der Waals surface area contributed by atoms with Crippen LogP contribution in [0.1, 0.15) is 57.5 Å². The minimum Gasteiger partial charge on any atom is -0.462 e. The molecule has 3 aromatic rings. The highest BCUT2D eigenvalue weighted by Gasteiger charge is 2.34. The number of alkyl carbamates (subject to hydrolysis) is 1. The fourth-order valence-electron chi connectivity index (χ4n) is 4.23. The number of amides is 2. The quantitative estimate of drug-likeness (QED) is 0.327. The van der Waals surface area contributed by atoms with Crippen molar-refractivity contribution < 1.29 is 23.9 Å². The number of carbonyl (C=O) groups is 3. The maximum atomic E-state index is 13.0. The van der Waals surface area contributed by atoms with Gasteiger partial charge in [-0.2, -0.15) is 0 Å². The predicted octanol–water partition coefficient (Wildman–Crippen LogP) is 3.87. The zero-order chi connectivity index (χ0) is 27.9. The second-order valence-electron chi connectivity index (χ2n) is 8.97. The van der Waals surface area contributed by atoms with E-state index in [4.69, 9.17) is 21.1 Å². The number of anilines is 1. The first-order valence-corrected chi connectivity index (χ1v) is 13.9. The highest BCUT2D eigenvalue weighted by atomic mass is 35.5. The third-order valence-electron chi connectivity index (χ3n) is 6.26. The number of thiazole rings is 1. The van der Waals surface area contributed by atoms with Crippen molar-refractivity contribution in [1.29, 1.82) is 0 Å². The molecule has 2 amide bonds. The summed E-state index contributed by atoms with van der Waals surface area (Å²) in [5, 5.41) is 6.76. The number of ether oxygens (including phenoxy) is 2. The Bertz CT molecular complexity index is 1310. The molecule has 0 spiro atoms. The van der Waals surface area contributed by atoms with Crippen molar-refractivity contribution in [3.8, 4) is 0 Å². The molecule has 1 aliphatic rings. The molecule has 208 valence electrons. The zero-order valence-electron chi connectivity index (χ0n) is 22.0. The molecule has 0 aliphatic carbocycles. The summed E-state index contributed by atoms with van der Waals surface area (Å²) in [6, 6.07) is 8.42. The van der Waals surface area contributed by atoms with Crippen LogP contribution < -0.4 is 15.5 Å². The van der Waals surface area contributed by atoms with E-state index in [0.29, 0.717) is 47.3 Å². The average molecular weight is 575 g/mol. The predicted molar refractivity (Wildman–Crippen MR) is 147 cm³/mol. The van der Waals surface area contributed by atoms with Gasteiger partial charge >= 0.3 is 12.1 Å². The summed E-state index contributed by atoms with van der Waals surface area (Å²) in [5.41, 5.74) is 2.11. The number of nitrogens with one attached hydrogen (secondary N) is 3. The van der Waals surface area contributed by atoms with Gasteiger partial charge in [0.2, 0.25) is 0 Å². The number of halogens is 1. The number of rotatable bonds is 9. The Morgan fingerprint density at radius 1 is 1.13 bits per heavy atom. The van der Waals surface area contributed by atoms with Crippen LogP contribution in [0.25, 0.3) is 0 Å². The van der Waals surface area contributed by atoms with Gasteiger partial charge < -0.3 is 30.0 Å². The Balaban J connectivity index is 1.49. The number of H-pyrrole nitrogens is 1. The Hall–Kier alpha value is -3.64. The Morgan fingerprint density at radius 2 is 1.90 bits per heavy atom. The van der Waals surface area contributed by atoms with Crippen LogP contribution in [0.4, 0.5) is 9.93 Å². The fraction of sp³-hybridized carbons (Fsp3) is 0.423. The number of aryl methyl sites for hydroxylation is 2. The number of benzene rings is 1. The van der Waals surface area contributed by atoms with Crippen molar-refractivity contribution in [2.24, 2.45) is 0 Å². The molecule has 3 heterocycles. The molecule has 0 saturated carbocycles. The summed E-state index contributed by atoms with van der Waals surface area (Å²) in [4.78, 5) is 52.1. The van der Waals surface area contributed by atoms with Gasteiger partial charge in [0.15, 0.2) is 16.1 Å². The number of piperidine rings is 1. The van der Waals surface area contributed by atoms with Crippen molar-refractivity contribution in [3.63, 3.8) is 0 Å². The van der Waals surface area contributed by atoms with Crippen LogP contribution in [0.5, 0.6) is 0 Å². The molecule has 3 N–H and O–H groups in total. The maximum Gasteiger partial charge on any atom is 0.407 e. The van der Waals surface area contributed by atoms with Crippen LogP contribution in [0.3, 0.4) is 0 Å². The SMILES string of the molecule is CCOC(=O)c1sc(N2CCC(NC(=O)c3nc(Cl)c(CC)[nH]3)C(NC(=O)OCc3ccccc3)C2)nc1C. The van der Waals surface area contributed by atoms with Crippen LogP contribution in [-0.4, -0.2) is 64.7 Å². The van der Waals surface area contributed by atoms with Gasteiger partial charge in [-0.15, -0.1) is 0 Å². The van der Waals surface area contributed by atoms with Crippen LogP contribution in [0.15, 0.2) is 30.3 Å². The van der Waals surface area contributed by atoms with E-state index in [9.17, 15) is 14.4 Å². The minimum absolute atomic E-state index is 0.110. The third-order valence-corrected chi connectivity index (χ3v) is 7.77. The van der Waals surface area contributed by atoms with Gasteiger partial charge in [-0.05, 0) is 32.3 Å². The first-order chi connectivity index (χ1) is 18.8. The van der Waals surface area contributed by atoms with Crippen LogP contribution in [-0.2, 0) is 22.5 Å². The molecule has 13 heteroatoms. The smallest absolute Gasteiger partial charge is 0.407 e. The summed E-state index contributed by atoms with van der Waals surface area (Å²) in [7, 11) is 0. The fourth-order valence-corrected chi connectivity index (χ4v) is 5.49. The number of hydrogen-bond donors (Lipinski definition) is 3. The van der Waals surface area contributed by atoms with E-state index >= 15 is 0 Å². The number of esters is 1. The topological polar surface area (TPSA) is 139 Å². The van der Waals surface area contributed by atoms with E-state index < -0.39 is 30.1 Å². The lowest BCUT2D eigenvalue weighted by molar-refractivity contribution is 0.0530. The molecule has 2 unspecified atom stereocenters. The van der Waals surface area contributed by atoms with Crippen molar-refractivity contribution in [2.45, 2.75) is 52.3 Å².